The highest BCUT2D eigenvalue weighted by Crippen LogP contribution is 2.14. The maximum atomic E-state index is 11.7. The molecule has 0 aliphatic rings. The van der Waals surface area contributed by atoms with Crippen LogP contribution in [0.25, 0.3) is 16.6 Å². The summed E-state index contributed by atoms with van der Waals surface area (Å²) in [7, 11) is 0. The first-order chi connectivity index (χ1) is 8.18. The Morgan fingerprint density at radius 1 is 1.29 bits per heavy atom. The lowest BCUT2D eigenvalue weighted by Gasteiger charge is -1.99. The lowest BCUT2D eigenvalue weighted by molar-refractivity contribution is 0.0693. The number of nitrogens with one attached hydrogen (secondary N) is 1. The van der Waals surface area contributed by atoms with Crippen molar-refractivity contribution in [2.24, 2.45) is 0 Å². The van der Waals surface area contributed by atoms with E-state index in [0.717, 1.165) is 0 Å². The van der Waals surface area contributed by atoms with E-state index in [-0.39, 0.29) is 11.2 Å². The van der Waals surface area contributed by atoms with Gasteiger partial charge in [-0.25, -0.2) is 9.59 Å². The molecule has 6 heteroatoms. The van der Waals surface area contributed by atoms with E-state index in [4.69, 9.17) is 5.11 Å². The molecule has 0 amide bonds. The number of H-pyrrole nitrogens is 1. The van der Waals surface area contributed by atoms with Gasteiger partial charge in [0.15, 0.2) is 5.69 Å². The number of hydrogen-bond acceptors (Lipinski definition) is 3. The van der Waals surface area contributed by atoms with Gasteiger partial charge < -0.3 is 5.11 Å². The number of carboxylic acids is 1. The lowest BCUT2D eigenvalue weighted by Crippen LogP contribution is -2.10. The van der Waals surface area contributed by atoms with E-state index in [1.165, 1.54) is 10.6 Å². The quantitative estimate of drug-likeness (QED) is 0.648. The van der Waals surface area contributed by atoms with Crippen molar-refractivity contribution < 1.29 is 9.90 Å². The van der Waals surface area contributed by atoms with Crippen molar-refractivity contribution >= 4 is 22.5 Å². The highest BCUT2D eigenvalue weighted by Gasteiger charge is 2.15. The van der Waals surface area contributed by atoms with Gasteiger partial charge in [0.1, 0.15) is 5.52 Å². The van der Waals surface area contributed by atoms with Crippen LogP contribution in [0.2, 0.25) is 0 Å². The van der Waals surface area contributed by atoms with E-state index in [2.05, 4.69) is 9.97 Å². The topological polar surface area (TPSA) is 87.5 Å². The van der Waals surface area contributed by atoms with E-state index in [1.54, 1.807) is 24.3 Å². The molecular weight excluding hydrogens is 222 g/mol. The maximum Gasteiger partial charge on any atom is 0.354 e. The summed E-state index contributed by atoms with van der Waals surface area (Å²) in [6.45, 7) is 0. The zero-order chi connectivity index (χ0) is 12.0. The zero-order valence-electron chi connectivity index (χ0n) is 8.54. The third-order valence-electron chi connectivity index (χ3n) is 2.59. The third kappa shape index (κ3) is 1.24. The van der Waals surface area contributed by atoms with E-state index in [0.29, 0.717) is 11.0 Å². The Bertz CT molecular complexity index is 800. The highest BCUT2D eigenvalue weighted by atomic mass is 16.4. The van der Waals surface area contributed by atoms with Crippen LogP contribution in [0.1, 0.15) is 10.5 Å². The Hall–Kier alpha value is -2.63. The van der Waals surface area contributed by atoms with Crippen molar-refractivity contribution in [3.8, 4) is 0 Å². The minimum absolute atomic E-state index is 0.145. The molecule has 0 aliphatic carbocycles. The van der Waals surface area contributed by atoms with Crippen LogP contribution >= 0.6 is 0 Å². The second kappa shape index (κ2) is 3.18. The number of imidazole rings is 1. The van der Waals surface area contributed by atoms with Gasteiger partial charge in [0, 0.05) is 0 Å². The molecule has 3 aromatic rings. The maximum absolute atomic E-state index is 11.7. The zero-order valence-corrected chi connectivity index (χ0v) is 8.54. The van der Waals surface area contributed by atoms with E-state index >= 15 is 0 Å². The third-order valence-corrected chi connectivity index (χ3v) is 2.59. The van der Waals surface area contributed by atoms with Gasteiger partial charge in [0.05, 0.1) is 17.2 Å². The predicted octanol–water partition coefficient (Wildman–Crippen LogP) is 0.874. The van der Waals surface area contributed by atoms with Gasteiger partial charge in [0.25, 0.3) is 0 Å². The average molecular weight is 229 g/mol. The van der Waals surface area contributed by atoms with Crippen molar-refractivity contribution in [3.63, 3.8) is 0 Å². The molecule has 2 N–H and O–H groups in total. The number of aromatic amines is 1. The Labute approximate surface area is 94.2 Å². The minimum Gasteiger partial charge on any atom is -0.477 e. The molecule has 0 radical (unpaired) electrons. The Kier molecular flexibility index (Phi) is 1.79. The molecule has 1 aromatic carbocycles. The first kappa shape index (κ1) is 9.59. The van der Waals surface area contributed by atoms with Crippen molar-refractivity contribution in [2.75, 3.05) is 0 Å². The fraction of sp³-hybridized carbons (Fsp3) is 0. The van der Waals surface area contributed by atoms with Crippen molar-refractivity contribution in [2.45, 2.75) is 0 Å². The number of carboxylic acid groups (broad SMARTS) is 1. The molecule has 3 rings (SSSR count). The molecular formula is C11H7N3O3. The van der Waals surface area contributed by atoms with Crippen molar-refractivity contribution in [1.29, 1.82) is 0 Å². The summed E-state index contributed by atoms with van der Waals surface area (Å²) < 4.78 is 1.31. The van der Waals surface area contributed by atoms with Crippen LogP contribution in [0.15, 0.2) is 35.3 Å². The van der Waals surface area contributed by atoms with E-state index in [9.17, 15) is 9.59 Å². The molecule has 84 valence electrons. The summed E-state index contributed by atoms with van der Waals surface area (Å²) >= 11 is 0. The molecule has 0 aliphatic heterocycles. The van der Waals surface area contributed by atoms with Crippen LogP contribution < -0.4 is 5.69 Å². The summed E-state index contributed by atoms with van der Waals surface area (Å²) in [4.78, 5) is 29.1. The standard InChI is InChI=1S/C11H7N3O3/c15-10(16)9-8-5-12-6-3-1-2-4-7(6)14(8)11(17)13-9/h1-5H,(H,13,17)(H,15,16). The average Bonchev–Trinajstić information content (AvgIpc) is 2.67. The Morgan fingerprint density at radius 3 is 2.82 bits per heavy atom. The first-order valence-corrected chi connectivity index (χ1v) is 4.90. The molecule has 17 heavy (non-hydrogen) atoms. The molecule has 2 heterocycles. The highest BCUT2D eigenvalue weighted by molar-refractivity contribution is 5.94. The second-order valence-corrected chi connectivity index (χ2v) is 3.58. The summed E-state index contributed by atoms with van der Waals surface area (Å²) in [6, 6.07) is 7.05. The second-order valence-electron chi connectivity index (χ2n) is 3.58. The number of nitrogens with zero attached hydrogens (tertiary/aromatic N) is 2. The molecule has 0 spiro atoms. The molecule has 0 fully saturated rings. The van der Waals surface area contributed by atoms with Crippen LogP contribution in [0, 0.1) is 0 Å². The van der Waals surface area contributed by atoms with Gasteiger partial charge in [-0.15, -0.1) is 0 Å². The van der Waals surface area contributed by atoms with Crippen molar-refractivity contribution in [1.82, 2.24) is 14.4 Å². The van der Waals surface area contributed by atoms with Crippen LogP contribution in [0.3, 0.4) is 0 Å². The fourth-order valence-corrected chi connectivity index (χ4v) is 1.87. The number of carbonyl (C=O) groups is 1. The number of hydrogen-bond donors (Lipinski definition) is 2. The number of fused-ring (bicyclic) bond motifs is 3. The summed E-state index contributed by atoms with van der Waals surface area (Å²) in [5.41, 5.74) is 0.863. The van der Waals surface area contributed by atoms with E-state index in [1.807, 2.05) is 0 Å². The number of aromatic carboxylic acids is 1. The lowest BCUT2D eigenvalue weighted by atomic mass is 10.3. The van der Waals surface area contributed by atoms with Crippen LogP contribution in [0.4, 0.5) is 0 Å². The van der Waals surface area contributed by atoms with Crippen LogP contribution in [-0.4, -0.2) is 25.4 Å². The summed E-state index contributed by atoms with van der Waals surface area (Å²) in [5, 5.41) is 8.96. The van der Waals surface area contributed by atoms with Crippen LogP contribution in [0.5, 0.6) is 0 Å². The molecule has 0 unspecified atom stereocenters. The SMILES string of the molecule is O=C(O)c1[nH]c(=O)n2c1cnc1ccccc12. The predicted molar refractivity (Wildman–Crippen MR) is 60.3 cm³/mol. The molecule has 0 saturated heterocycles. The number of benzene rings is 1. The molecule has 0 saturated carbocycles. The molecule has 6 nitrogen and oxygen atoms in total. The monoisotopic (exact) mass is 229 g/mol. The van der Waals surface area contributed by atoms with Gasteiger partial charge in [0.2, 0.25) is 0 Å². The van der Waals surface area contributed by atoms with Gasteiger partial charge in [-0.3, -0.25) is 14.4 Å². The van der Waals surface area contributed by atoms with Crippen LogP contribution in [-0.2, 0) is 0 Å². The molecule has 0 bridgehead atoms. The summed E-state index contributed by atoms with van der Waals surface area (Å²) in [6.07, 6.45) is 1.38. The molecule has 0 atom stereocenters. The van der Waals surface area contributed by atoms with Gasteiger partial charge >= 0.3 is 11.7 Å². The minimum atomic E-state index is -1.18. The number of aromatic nitrogens is 3. The number of para-hydroxylation sites is 2. The molecule has 2 aromatic heterocycles. The largest absolute Gasteiger partial charge is 0.477 e. The first-order valence-electron chi connectivity index (χ1n) is 4.90. The normalized spacial score (nSPS) is 11.1. The Balaban J connectivity index is 2.60. The Morgan fingerprint density at radius 2 is 2.06 bits per heavy atom. The van der Waals surface area contributed by atoms with Gasteiger partial charge in [-0.1, -0.05) is 12.1 Å². The number of rotatable bonds is 1. The van der Waals surface area contributed by atoms with E-state index < -0.39 is 11.7 Å². The van der Waals surface area contributed by atoms with Crippen molar-refractivity contribution in [3.05, 3.63) is 46.6 Å². The van der Waals surface area contributed by atoms with Gasteiger partial charge in [-0.05, 0) is 12.1 Å². The van der Waals surface area contributed by atoms with Gasteiger partial charge in [-0.2, -0.15) is 0 Å². The fourth-order valence-electron chi connectivity index (χ4n) is 1.87. The smallest absolute Gasteiger partial charge is 0.354 e. The summed E-state index contributed by atoms with van der Waals surface area (Å²) in [5.74, 6) is -1.18.